The fourth-order valence-corrected chi connectivity index (χ4v) is 5.57. The molecular weight excluding hydrogens is 162 g/mol. The molecule has 1 aliphatic heterocycles. The molecule has 5 saturated carbocycles. The summed E-state index contributed by atoms with van der Waals surface area (Å²) in [4.78, 5) is 14.2. The highest BCUT2D eigenvalue weighted by Crippen LogP contribution is 3.04. The van der Waals surface area contributed by atoms with Crippen LogP contribution >= 0.6 is 0 Å². The predicted molar refractivity (Wildman–Crippen MR) is 45.7 cm³/mol. The van der Waals surface area contributed by atoms with E-state index in [1.807, 2.05) is 0 Å². The van der Waals surface area contributed by atoms with Gasteiger partial charge in [-0.15, -0.1) is 0 Å². The molecule has 0 aromatic heterocycles. The van der Waals surface area contributed by atoms with Crippen molar-refractivity contribution >= 4 is 5.91 Å². The van der Waals surface area contributed by atoms with Crippen molar-refractivity contribution in [2.45, 2.75) is 13.3 Å². The quantitative estimate of drug-likeness (QED) is 0.538. The Kier molecular flexibility index (Phi) is 0.555. The average Bonchev–Trinajstić information content (AvgIpc) is 3.02. The van der Waals surface area contributed by atoms with Crippen molar-refractivity contribution in [3.05, 3.63) is 0 Å². The minimum absolute atomic E-state index is 0.221. The van der Waals surface area contributed by atoms with Crippen molar-refractivity contribution < 1.29 is 4.79 Å². The smallest absolute Gasteiger partial charge is 0.230 e. The monoisotopic (exact) mass is 175 g/mol. The van der Waals surface area contributed by atoms with Crippen LogP contribution in [0, 0.1) is 34.5 Å². The lowest BCUT2D eigenvalue weighted by Gasteiger charge is -2.32. The van der Waals surface area contributed by atoms with Gasteiger partial charge in [0.05, 0.1) is 5.41 Å². The summed E-state index contributed by atoms with van der Waals surface area (Å²) < 4.78 is 0. The van der Waals surface area contributed by atoms with Crippen molar-refractivity contribution in [1.82, 2.24) is 4.90 Å². The molecule has 0 aromatic rings. The van der Waals surface area contributed by atoms with Gasteiger partial charge in [-0.05, 0) is 35.5 Å². The Morgan fingerprint density at radius 2 is 2.08 bits per heavy atom. The third kappa shape index (κ3) is 0.311. The van der Waals surface area contributed by atoms with E-state index >= 15 is 0 Å². The topological polar surface area (TPSA) is 20.1 Å². The summed E-state index contributed by atoms with van der Waals surface area (Å²) in [5.74, 6) is 4.19. The molecule has 2 bridgehead atoms. The zero-order chi connectivity index (χ0) is 8.59. The molecule has 6 fully saturated rings. The highest BCUT2D eigenvalue weighted by atomic mass is 16.2. The van der Waals surface area contributed by atoms with Gasteiger partial charge in [-0.25, -0.2) is 0 Å². The predicted octanol–water partition coefficient (Wildman–Crippen LogP) is 0.731. The van der Waals surface area contributed by atoms with E-state index in [9.17, 15) is 4.79 Å². The molecule has 6 atom stereocenters. The van der Waals surface area contributed by atoms with E-state index in [2.05, 4.69) is 11.8 Å². The van der Waals surface area contributed by atoms with Crippen LogP contribution in [0.1, 0.15) is 13.3 Å². The number of rotatable bonds is 1. The van der Waals surface area contributed by atoms with Gasteiger partial charge in [0.1, 0.15) is 0 Å². The van der Waals surface area contributed by atoms with Crippen LogP contribution in [0.3, 0.4) is 0 Å². The highest BCUT2D eigenvalue weighted by Gasteiger charge is 3.04. The molecular formula is C11H13NO. The molecule has 0 aromatic carbocycles. The van der Waals surface area contributed by atoms with Gasteiger partial charge >= 0.3 is 0 Å². The van der Waals surface area contributed by atoms with Gasteiger partial charge in [-0.3, -0.25) is 4.79 Å². The molecule has 1 heterocycles. The SMILES string of the molecule is CC12C3CC4C(C31)C42C(=O)N1CC1. The summed E-state index contributed by atoms with van der Waals surface area (Å²) in [5, 5.41) is 0. The van der Waals surface area contributed by atoms with Crippen LogP contribution in [0.25, 0.3) is 0 Å². The molecule has 2 heteroatoms. The van der Waals surface area contributed by atoms with Crippen LogP contribution in [0.15, 0.2) is 0 Å². The molecule has 5 aliphatic carbocycles. The third-order valence-electron chi connectivity index (χ3n) is 6.10. The van der Waals surface area contributed by atoms with Crippen LogP contribution in [-0.4, -0.2) is 23.9 Å². The fourth-order valence-electron chi connectivity index (χ4n) is 5.57. The second-order valence-corrected chi connectivity index (χ2v) is 5.94. The molecule has 2 nitrogen and oxygen atoms in total. The summed E-state index contributed by atoms with van der Waals surface area (Å²) >= 11 is 0. The zero-order valence-electron chi connectivity index (χ0n) is 7.79. The Morgan fingerprint density at radius 1 is 1.31 bits per heavy atom. The lowest BCUT2D eigenvalue weighted by Crippen LogP contribution is -2.40. The van der Waals surface area contributed by atoms with Gasteiger partial charge in [0, 0.05) is 13.1 Å². The minimum Gasteiger partial charge on any atom is -0.339 e. The number of hydrogen-bond acceptors (Lipinski definition) is 1. The molecule has 0 spiro atoms. The van der Waals surface area contributed by atoms with Gasteiger partial charge in [0.2, 0.25) is 5.91 Å². The van der Waals surface area contributed by atoms with Crippen LogP contribution in [0.4, 0.5) is 0 Å². The molecule has 6 aliphatic rings. The average molecular weight is 175 g/mol. The molecule has 68 valence electrons. The first-order valence-electron chi connectivity index (χ1n) is 5.53. The maximum absolute atomic E-state index is 12.2. The summed E-state index contributed by atoms with van der Waals surface area (Å²) in [6.45, 7) is 4.48. The van der Waals surface area contributed by atoms with Gasteiger partial charge in [0.25, 0.3) is 0 Å². The van der Waals surface area contributed by atoms with Crippen molar-refractivity contribution in [3.8, 4) is 0 Å². The van der Waals surface area contributed by atoms with Crippen molar-refractivity contribution in [1.29, 1.82) is 0 Å². The summed E-state index contributed by atoms with van der Waals surface area (Å²) in [5.41, 5.74) is 0.723. The lowest BCUT2D eigenvalue weighted by atomic mass is 9.72. The summed E-state index contributed by atoms with van der Waals surface area (Å²) in [7, 11) is 0. The Bertz CT molecular complexity index is 362. The number of amides is 1. The number of nitrogens with zero attached hydrogens (tertiary/aromatic N) is 1. The molecule has 1 saturated heterocycles. The van der Waals surface area contributed by atoms with Gasteiger partial charge in [-0.2, -0.15) is 0 Å². The van der Waals surface area contributed by atoms with E-state index in [1.54, 1.807) is 0 Å². The Morgan fingerprint density at radius 3 is 2.46 bits per heavy atom. The van der Waals surface area contributed by atoms with Gasteiger partial charge in [-0.1, -0.05) is 6.92 Å². The molecule has 13 heavy (non-hydrogen) atoms. The number of carbonyl (C=O) groups excluding carboxylic acids is 1. The summed E-state index contributed by atoms with van der Waals surface area (Å²) in [6, 6.07) is 0. The second kappa shape index (κ2) is 1.19. The standard InChI is InChI=1S/C11H13NO/c1-10-5-4-6-8(7(5)10)11(6,10)9(13)12-2-3-12/h5-8H,2-4H2,1H3. The minimum atomic E-state index is 0.221. The van der Waals surface area contributed by atoms with E-state index in [0.717, 1.165) is 36.8 Å². The second-order valence-electron chi connectivity index (χ2n) is 5.94. The van der Waals surface area contributed by atoms with Gasteiger partial charge < -0.3 is 4.90 Å². The van der Waals surface area contributed by atoms with Crippen LogP contribution < -0.4 is 0 Å². The molecule has 0 N–H and O–H groups in total. The maximum Gasteiger partial charge on any atom is 0.230 e. The fraction of sp³-hybridized carbons (Fsp3) is 0.909. The number of hydrogen-bond donors (Lipinski definition) is 0. The van der Waals surface area contributed by atoms with Crippen LogP contribution in [0.2, 0.25) is 0 Å². The zero-order valence-corrected chi connectivity index (χ0v) is 7.79. The van der Waals surface area contributed by atoms with E-state index in [0.29, 0.717) is 11.3 Å². The first-order valence-corrected chi connectivity index (χ1v) is 5.53. The molecule has 0 radical (unpaired) electrons. The van der Waals surface area contributed by atoms with E-state index < -0.39 is 0 Å². The van der Waals surface area contributed by atoms with E-state index in [4.69, 9.17) is 0 Å². The maximum atomic E-state index is 12.2. The molecule has 1 amide bonds. The normalized spacial score (nSPS) is 72.8. The van der Waals surface area contributed by atoms with Crippen LogP contribution in [0.5, 0.6) is 0 Å². The van der Waals surface area contributed by atoms with Crippen molar-refractivity contribution in [2.75, 3.05) is 13.1 Å². The Labute approximate surface area is 77.3 Å². The largest absolute Gasteiger partial charge is 0.339 e. The van der Waals surface area contributed by atoms with Gasteiger partial charge in [0.15, 0.2) is 0 Å². The van der Waals surface area contributed by atoms with E-state index in [1.165, 1.54) is 6.42 Å². The van der Waals surface area contributed by atoms with Crippen molar-refractivity contribution in [3.63, 3.8) is 0 Å². The van der Waals surface area contributed by atoms with Crippen LogP contribution in [-0.2, 0) is 4.79 Å². The Balaban J connectivity index is 1.67. The summed E-state index contributed by atoms with van der Waals surface area (Å²) in [6.07, 6.45) is 1.39. The third-order valence-corrected chi connectivity index (χ3v) is 6.10. The highest BCUT2D eigenvalue weighted by molar-refractivity contribution is 5.94. The molecule has 6 rings (SSSR count). The number of carbonyl (C=O) groups is 1. The Hall–Kier alpha value is -0.530. The first kappa shape index (κ1) is 6.05. The lowest BCUT2D eigenvalue weighted by molar-refractivity contribution is -0.138. The molecule has 6 unspecified atom stereocenters. The first-order chi connectivity index (χ1) is 6.24. The van der Waals surface area contributed by atoms with E-state index in [-0.39, 0.29) is 5.41 Å². The van der Waals surface area contributed by atoms with Crippen molar-refractivity contribution in [2.24, 2.45) is 34.5 Å².